The smallest absolute Gasteiger partial charge is 0.0817 e. The Labute approximate surface area is 178 Å². The van der Waals surface area contributed by atoms with Gasteiger partial charge in [0.2, 0.25) is 0 Å². The molecule has 28 heavy (non-hydrogen) atoms. The molecule has 1 rings (SSSR count). The molecule has 1 aromatic rings. The topological polar surface area (TPSA) is 0 Å². The van der Waals surface area contributed by atoms with Crippen LogP contribution in [0.4, 0.5) is 0 Å². The number of benzene rings is 1. The molecule has 1 aromatic carbocycles. The van der Waals surface area contributed by atoms with Crippen LogP contribution in [0.15, 0.2) is 24.3 Å². The summed E-state index contributed by atoms with van der Waals surface area (Å²) in [5.74, 6) is 0.736. The fourth-order valence-corrected chi connectivity index (χ4v) is 4.16. The standard InChI is InChI=1S/C27H49B/c1-11-14-22(15-12-13-20-25(2,3)4)23-16-18-24(19-17-23)28(10)21-27(8,9)26(5,6)7/h16-19,22H,11-15,20-21H2,1-10H3. The summed E-state index contributed by atoms with van der Waals surface area (Å²) >= 11 is 0. The van der Waals surface area contributed by atoms with Crippen LogP contribution in [0, 0.1) is 16.2 Å². The lowest BCUT2D eigenvalue weighted by molar-refractivity contribution is 0.156. The summed E-state index contributed by atoms with van der Waals surface area (Å²) in [5, 5.41) is 0. The molecular formula is C27H49B. The van der Waals surface area contributed by atoms with Crippen LogP contribution >= 0.6 is 0 Å². The van der Waals surface area contributed by atoms with Crippen molar-refractivity contribution < 1.29 is 0 Å². The van der Waals surface area contributed by atoms with E-state index < -0.39 is 0 Å². The second-order valence-corrected chi connectivity index (χ2v) is 12.2. The normalized spacial score (nSPS) is 14.2. The first-order valence-electron chi connectivity index (χ1n) is 11.9. The van der Waals surface area contributed by atoms with Crippen molar-refractivity contribution >= 4 is 12.2 Å². The van der Waals surface area contributed by atoms with Gasteiger partial charge in [-0.1, -0.05) is 124 Å². The van der Waals surface area contributed by atoms with Crippen LogP contribution < -0.4 is 5.46 Å². The molecule has 1 unspecified atom stereocenters. The molecular weight excluding hydrogens is 335 g/mol. The number of hydrogen-bond acceptors (Lipinski definition) is 0. The van der Waals surface area contributed by atoms with Crippen LogP contribution in [0.1, 0.15) is 112 Å². The van der Waals surface area contributed by atoms with Crippen molar-refractivity contribution in [2.24, 2.45) is 16.2 Å². The zero-order chi connectivity index (χ0) is 21.6. The van der Waals surface area contributed by atoms with Gasteiger partial charge in [0, 0.05) is 0 Å². The summed E-state index contributed by atoms with van der Waals surface area (Å²) in [4.78, 5) is 0. The van der Waals surface area contributed by atoms with Gasteiger partial charge in [-0.15, -0.1) is 0 Å². The van der Waals surface area contributed by atoms with Gasteiger partial charge in [-0.2, -0.15) is 0 Å². The summed E-state index contributed by atoms with van der Waals surface area (Å²) < 4.78 is 0. The van der Waals surface area contributed by atoms with Gasteiger partial charge < -0.3 is 0 Å². The van der Waals surface area contributed by atoms with E-state index in [1.54, 1.807) is 5.56 Å². The lowest BCUT2D eigenvalue weighted by Gasteiger charge is -2.40. The van der Waals surface area contributed by atoms with Crippen molar-refractivity contribution in [1.82, 2.24) is 0 Å². The first kappa shape index (κ1) is 25.3. The quantitative estimate of drug-likeness (QED) is 0.280. The molecule has 0 N–H and O–H groups in total. The van der Waals surface area contributed by atoms with E-state index in [1.807, 2.05) is 0 Å². The largest absolute Gasteiger partial charge is 0.173 e. The van der Waals surface area contributed by atoms with E-state index in [-0.39, 0.29) is 0 Å². The monoisotopic (exact) mass is 384 g/mol. The molecule has 1 atom stereocenters. The summed E-state index contributed by atoms with van der Waals surface area (Å²) in [6.45, 7) is 24.4. The second kappa shape index (κ2) is 10.4. The van der Waals surface area contributed by atoms with Gasteiger partial charge >= 0.3 is 0 Å². The lowest BCUT2D eigenvalue weighted by atomic mass is 9.38. The highest BCUT2D eigenvalue weighted by Gasteiger charge is 2.35. The molecule has 0 bridgehead atoms. The van der Waals surface area contributed by atoms with Crippen LogP contribution in [-0.4, -0.2) is 6.71 Å². The van der Waals surface area contributed by atoms with Crippen molar-refractivity contribution in [2.45, 2.75) is 120 Å². The third-order valence-electron chi connectivity index (χ3n) is 7.19. The molecule has 0 nitrogen and oxygen atoms in total. The van der Waals surface area contributed by atoms with Gasteiger partial charge in [0.25, 0.3) is 0 Å². The molecule has 0 aliphatic heterocycles. The fraction of sp³-hybridized carbons (Fsp3) is 0.778. The number of unbranched alkanes of at least 4 members (excludes halogenated alkanes) is 1. The molecule has 0 heterocycles. The Morgan fingerprint density at radius 3 is 1.86 bits per heavy atom. The van der Waals surface area contributed by atoms with E-state index in [4.69, 9.17) is 0 Å². The third kappa shape index (κ3) is 8.34. The average Bonchev–Trinajstić information content (AvgIpc) is 2.55. The van der Waals surface area contributed by atoms with Gasteiger partial charge in [-0.25, -0.2) is 0 Å². The Kier molecular flexibility index (Phi) is 9.36. The molecule has 0 fully saturated rings. The van der Waals surface area contributed by atoms with Crippen molar-refractivity contribution in [1.29, 1.82) is 0 Å². The minimum Gasteiger partial charge on any atom is -0.0817 e. The van der Waals surface area contributed by atoms with Crippen molar-refractivity contribution in [3.63, 3.8) is 0 Å². The van der Waals surface area contributed by atoms with E-state index in [9.17, 15) is 0 Å². The van der Waals surface area contributed by atoms with Crippen molar-refractivity contribution in [3.05, 3.63) is 29.8 Å². The second-order valence-electron chi connectivity index (χ2n) is 12.2. The highest BCUT2D eigenvalue weighted by atomic mass is 14.3. The Morgan fingerprint density at radius 1 is 0.821 bits per heavy atom. The molecule has 0 aliphatic rings. The molecule has 0 spiro atoms. The molecule has 0 amide bonds. The van der Waals surface area contributed by atoms with Gasteiger partial charge in [0.05, 0.1) is 0 Å². The van der Waals surface area contributed by atoms with E-state index in [1.165, 1.54) is 50.3 Å². The van der Waals surface area contributed by atoms with E-state index in [0.29, 0.717) is 23.0 Å². The van der Waals surface area contributed by atoms with Crippen molar-refractivity contribution in [3.8, 4) is 0 Å². The number of rotatable bonds is 10. The average molecular weight is 385 g/mol. The SMILES string of the molecule is CCCC(CCCCC(C)(C)C)c1ccc(B(C)CC(C)(C)C(C)(C)C)cc1. The molecule has 160 valence electrons. The Morgan fingerprint density at radius 2 is 1.39 bits per heavy atom. The zero-order valence-electron chi connectivity index (χ0n) is 20.9. The third-order valence-corrected chi connectivity index (χ3v) is 7.19. The van der Waals surface area contributed by atoms with Crippen LogP contribution in [0.2, 0.25) is 13.1 Å². The first-order chi connectivity index (χ1) is 12.8. The van der Waals surface area contributed by atoms with E-state index >= 15 is 0 Å². The first-order valence-corrected chi connectivity index (χ1v) is 11.9. The van der Waals surface area contributed by atoms with Crippen LogP contribution in [-0.2, 0) is 0 Å². The summed E-state index contributed by atoms with van der Waals surface area (Å²) in [7, 11) is 0. The van der Waals surface area contributed by atoms with Gasteiger partial charge in [0.15, 0.2) is 6.71 Å². The number of hydrogen-bond donors (Lipinski definition) is 0. The van der Waals surface area contributed by atoms with Crippen LogP contribution in [0.5, 0.6) is 0 Å². The highest BCUT2D eigenvalue weighted by Crippen LogP contribution is 2.42. The molecule has 0 saturated carbocycles. The van der Waals surface area contributed by atoms with Gasteiger partial charge in [-0.05, 0) is 47.0 Å². The van der Waals surface area contributed by atoms with Gasteiger partial charge in [0.1, 0.15) is 0 Å². The predicted octanol–water partition coefficient (Wildman–Crippen LogP) is 8.58. The lowest BCUT2D eigenvalue weighted by Crippen LogP contribution is -2.38. The predicted molar refractivity (Wildman–Crippen MR) is 131 cm³/mol. The summed E-state index contributed by atoms with van der Waals surface area (Å²) in [5.41, 5.74) is 4.20. The molecule has 0 aliphatic carbocycles. The maximum atomic E-state index is 2.43. The minimum absolute atomic E-state index is 0.334. The maximum Gasteiger partial charge on any atom is 0.173 e. The van der Waals surface area contributed by atoms with E-state index in [2.05, 4.69) is 93.4 Å². The molecule has 0 saturated heterocycles. The fourth-order valence-electron chi connectivity index (χ4n) is 4.16. The summed E-state index contributed by atoms with van der Waals surface area (Å²) in [6, 6.07) is 9.69. The van der Waals surface area contributed by atoms with Crippen LogP contribution in [0.25, 0.3) is 0 Å². The minimum atomic E-state index is 0.334. The Balaban J connectivity index is 2.73. The summed E-state index contributed by atoms with van der Waals surface area (Å²) in [6.07, 6.45) is 9.24. The maximum absolute atomic E-state index is 2.43. The molecule has 0 aromatic heterocycles. The van der Waals surface area contributed by atoms with Crippen molar-refractivity contribution in [2.75, 3.05) is 0 Å². The van der Waals surface area contributed by atoms with Gasteiger partial charge in [-0.3, -0.25) is 0 Å². The Hall–Kier alpha value is -0.715. The molecule has 0 radical (unpaired) electrons. The Bertz CT molecular complexity index is 553. The molecule has 1 heteroatoms. The van der Waals surface area contributed by atoms with Crippen LogP contribution in [0.3, 0.4) is 0 Å². The van der Waals surface area contributed by atoms with E-state index in [0.717, 1.165) is 5.92 Å². The zero-order valence-corrected chi connectivity index (χ0v) is 20.9. The highest BCUT2D eigenvalue weighted by molar-refractivity contribution is 6.72.